The first-order valence-corrected chi connectivity index (χ1v) is 3.60. The molecule has 0 amide bonds. The largest absolute Gasteiger partial charge is 0.328 e. The summed E-state index contributed by atoms with van der Waals surface area (Å²) in [5.41, 5.74) is 0. The molecule has 0 unspecified atom stereocenters. The van der Waals surface area contributed by atoms with Crippen molar-refractivity contribution in [2.24, 2.45) is 0 Å². The normalized spacial score (nSPS) is 9.00. The van der Waals surface area contributed by atoms with Gasteiger partial charge in [0.1, 0.15) is 0 Å². The molecule has 8 heavy (non-hydrogen) atoms. The Balaban J connectivity index is -0.0000000720. The maximum absolute atomic E-state index is 7.23. The Morgan fingerprint density at radius 2 is 0.625 bits per heavy atom. The Morgan fingerprint density at radius 3 is 0.625 bits per heavy atom. The maximum Gasteiger partial charge on any atom is 0.324 e. The van der Waals surface area contributed by atoms with Gasteiger partial charge in [-0.25, -0.2) is 0 Å². The van der Waals surface area contributed by atoms with Crippen LogP contribution < -0.4 is 0 Å². The van der Waals surface area contributed by atoms with Crippen LogP contribution in [0.15, 0.2) is 0 Å². The zero-order valence-corrected chi connectivity index (χ0v) is 5.37. The van der Waals surface area contributed by atoms with Crippen molar-refractivity contribution in [3.05, 3.63) is 0 Å². The monoisotopic (exact) mass is 166 g/mol. The molecule has 0 aliphatic heterocycles. The molecule has 6 nitrogen and oxygen atoms in total. The third-order valence-electron chi connectivity index (χ3n) is 0. The molecule has 6 N–H and O–H groups in total. The highest BCUT2D eigenvalue weighted by atomic mass is 31.2. The van der Waals surface area contributed by atoms with Gasteiger partial charge in [0.2, 0.25) is 0 Å². The van der Waals surface area contributed by atoms with E-state index in [0.717, 1.165) is 0 Å². The molecule has 0 rings (SSSR count). The van der Waals surface area contributed by atoms with Crippen LogP contribution in [-0.4, -0.2) is 29.4 Å². The Kier molecular flexibility index (Phi) is 10.9. The van der Waals surface area contributed by atoms with Crippen molar-refractivity contribution in [2.45, 2.75) is 0 Å². The molecule has 0 bridgehead atoms. The summed E-state index contributed by atoms with van der Waals surface area (Å²) in [7, 11) is -5.24. The van der Waals surface area contributed by atoms with Gasteiger partial charge < -0.3 is 29.4 Å². The van der Waals surface area contributed by atoms with E-state index >= 15 is 0 Å². The van der Waals surface area contributed by atoms with Crippen LogP contribution in [0.3, 0.4) is 0 Å². The van der Waals surface area contributed by atoms with Crippen LogP contribution >= 0.6 is 17.2 Å². The minimum atomic E-state index is -2.62. The van der Waals surface area contributed by atoms with Crippen molar-refractivity contribution in [1.82, 2.24) is 0 Å². The van der Waals surface area contributed by atoms with Crippen molar-refractivity contribution in [3.63, 3.8) is 0 Å². The molecule has 0 spiro atoms. The average molecular weight is 166 g/mol. The molecule has 0 saturated carbocycles. The second-order valence-electron chi connectivity index (χ2n) is 0.537. The van der Waals surface area contributed by atoms with Gasteiger partial charge in [-0.15, -0.1) is 0 Å². The Hall–Kier alpha value is 0.620. The molecule has 1 radical (unpaired) electrons. The Labute approximate surface area is 49.1 Å². The molecule has 0 aliphatic rings. The van der Waals surface area contributed by atoms with Gasteiger partial charge in [0.15, 0.2) is 0 Å². The standard InChI is InChI=1S/2H3O3P.H/c2*1-4(2)3;/h2*1-3H;/i;;1+1. The second kappa shape index (κ2) is 7.62. The van der Waals surface area contributed by atoms with Gasteiger partial charge in [-0.2, -0.15) is 0 Å². The van der Waals surface area contributed by atoms with E-state index in [1.165, 1.54) is 0 Å². The molecule has 0 aliphatic carbocycles. The Morgan fingerprint density at radius 1 is 0.625 bits per heavy atom. The van der Waals surface area contributed by atoms with E-state index in [9.17, 15) is 0 Å². The van der Waals surface area contributed by atoms with Gasteiger partial charge in [-0.05, 0) is 0 Å². The lowest BCUT2D eigenvalue weighted by Crippen LogP contribution is -1.54. The van der Waals surface area contributed by atoms with Crippen molar-refractivity contribution >= 4 is 17.2 Å². The fraction of sp³-hybridized carbons (Fsp3) is 0. The van der Waals surface area contributed by atoms with Crippen LogP contribution in [-0.2, 0) is 0 Å². The van der Waals surface area contributed by atoms with Crippen molar-refractivity contribution in [2.75, 3.05) is 0 Å². The topological polar surface area (TPSA) is 121 Å². The van der Waals surface area contributed by atoms with Gasteiger partial charge in [-0.1, -0.05) is 0 Å². The molecule has 8 heteroatoms. The van der Waals surface area contributed by atoms with Crippen LogP contribution in [0.1, 0.15) is 1.43 Å². The fourth-order valence-corrected chi connectivity index (χ4v) is 0. The van der Waals surface area contributed by atoms with E-state index in [-0.39, 0.29) is 1.43 Å². The van der Waals surface area contributed by atoms with Gasteiger partial charge in [-0.3, -0.25) is 0 Å². The predicted molar refractivity (Wildman–Crippen MR) is 28.3 cm³/mol. The zero-order valence-electron chi connectivity index (χ0n) is 4.58. The highest BCUT2D eigenvalue weighted by molar-refractivity contribution is 7.38. The maximum atomic E-state index is 7.23. The zero-order chi connectivity index (χ0) is 7.15. The lowest BCUT2D eigenvalue weighted by atomic mass is 15.8. The van der Waals surface area contributed by atoms with Crippen molar-refractivity contribution in [3.8, 4) is 0 Å². The summed E-state index contributed by atoms with van der Waals surface area (Å²) in [6.07, 6.45) is 0. The number of hydrogen-bond acceptors (Lipinski definition) is 6. The highest BCUT2D eigenvalue weighted by Gasteiger charge is 1.76. The molecular formula is H7O6P2. The molecule has 53 valence electrons. The number of rotatable bonds is 0. The quantitative estimate of drug-likeness (QED) is 0.243. The van der Waals surface area contributed by atoms with Gasteiger partial charge in [0, 0.05) is 1.43 Å². The Bertz CT molecular complexity index is 26.5. The SMILES string of the molecule is OP(O)O.OP(O)O.[2H]. The van der Waals surface area contributed by atoms with Crippen molar-refractivity contribution in [1.29, 1.82) is 0 Å². The molecule has 0 aromatic carbocycles. The predicted octanol–water partition coefficient (Wildman–Crippen LogP) is -1.51. The lowest BCUT2D eigenvalue weighted by molar-refractivity contribution is 0.366. The molecule has 0 saturated heterocycles. The summed E-state index contributed by atoms with van der Waals surface area (Å²) in [6, 6.07) is 0. The van der Waals surface area contributed by atoms with Crippen LogP contribution in [0.4, 0.5) is 0 Å². The minimum Gasteiger partial charge on any atom is -0.328 e. The van der Waals surface area contributed by atoms with E-state index in [0.29, 0.717) is 0 Å². The first kappa shape index (κ1) is 11.4. The molecule has 0 aromatic heterocycles. The number of hydrogen-bond donors (Lipinski definition) is 6. The van der Waals surface area contributed by atoms with Crippen LogP contribution in [0, 0.1) is 0 Å². The molecule has 0 fully saturated rings. The van der Waals surface area contributed by atoms with E-state index in [4.69, 9.17) is 29.4 Å². The van der Waals surface area contributed by atoms with E-state index in [1.54, 1.807) is 0 Å². The summed E-state index contributed by atoms with van der Waals surface area (Å²) < 4.78 is 0. The molecule has 0 aromatic rings. The van der Waals surface area contributed by atoms with E-state index in [1.807, 2.05) is 0 Å². The molecule has 0 heterocycles. The second-order valence-corrected chi connectivity index (χ2v) is 1.61. The minimum absolute atomic E-state index is 0. The lowest BCUT2D eigenvalue weighted by Gasteiger charge is -1.76. The van der Waals surface area contributed by atoms with Crippen LogP contribution in [0.2, 0.25) is 0 Å². The molecule has 0 atom stereocenters. The summed E-state index contributed by atoms with van der Waals surface area (Å²) in [6.45, 7) is 0. The average Bonchev–Trinajstić information content (AvgIpc) is 1.25. The third kappa shape index (κ3) is 544. The van der Waals surface area contributed by atoms with E-state index < -0.39 is 17.2 Å². The molecular weight excluding hydrogens is 158 g/mol. The smallest absolute Gasteiger partial charge is 0.324 e. The summed E-state index contributed by atoms with van der Waals surface area (Å²) in [5.74, 6) is 0. The van der Waals surface area contributed by atoms with Gasteiger partial charge in [0.25, 0.3) is 0 Å². The first-order chi connectivity index (χ1) is 3.46. The van der Waals surface area contributed by atoms with Gasteiger partial charge >= 0.3 is 17.2 Å². The van der Waals surface area contributed by atoms with Crippen LogP contribution in [0.25, 0.3) is 0 Å². The van der Waals surface area contributed by atoms with Crippen molar-refractivity contribution < 1.29 is 30.8 Å². The van der Waals surface area contributed by atoms with Crippen LogP contribution in [0.5, 0.6) is 0 Å². The fourth-order valence-electron chi connectivity index (χ4n) is 0. The third-order valence-corrected chi connectivity index (χ3v) is 0. The highest BCUT2D eigenvalue weighted by Crippen LogP contribution is 2.12. The summed E-state index contributed by atoms with van der Waals surface area (Å²) in [4.78, 5) is 43.4. The summed E-state index contributed by atoms with van der Waals surface area (Å²) in [5, 5.41) is 0. The first-order valence-electron chi connectivity index (χ1n) is 1.20. The van der Waals surface area contributed by atoms with E-state index in [2.05, 4.69) is 0 Å². The van der Waals surface area contributed by atoms with Gasteiger partial charge in [0.05, 0.1) is 0 Å². The summed E-state index contributed by atoms with van der Waals surface area (Å²) >= 11 is 0.